The van der Waals surface area contributed by atoms with Crippen molar-refractivity contribution in [2.75, 3.05) is 6.54 Å². The molecule has 2 atom stereocenters. The Morgan fingerprint density at radius 3 is 2.40 bits per heavy atom. The van der Waals surface area contributed by atoms with E-state index in [4.69, 9.17) is 4.74 Å². The van der Waals surface area contributed by atoms with E-state index in [0.29, 0.717) is 6.04 Å². The van der Waals surface area contributed by atoms with Gasteiger partial charge in [0.2, 0.25) is 0 Å². The first kappa shape index (κ1) is 12.3. The Balaban J connectivity index is 2.53. The number of carbonyl (C=O) groups is 1. The molecule has 1 aliphatic rings. The van der Waals surface area contributed by atoms with Crippen LogP contribution in [-0.4, -0.2) is 29.2 Å². The van der Waals surface area contributed by atoms with Crippen LogP contribution in [0.1, 0.15) is 47.5 Å². The summed E-state index contributed by atoms with van der Waals surface area (Å²) in [5.74, 6) is 0.721. The summed E-state index contributed by atoms with van der Waals surface area (Å²) in [5, 5.41) is 0. The highest BCUT2D eigenvalue weighted by molar-refractivity contribution is 5.68. The Bertz CT molecular complexity index is 232. The average molecular weight is 213 g/mol. The van der Waals surface area contributed by atoms with Crippen LogP contribution in [0.15, 0.2) is 0 Å². The van der Waals surface area contributed by atoms with E-state index in [-0.39, 0.29) is 11.7 Å². The van der Waals surface area contributed by atoms with Gasteiger partial charge in [-0.2, -0.15) is 0 Å². The molecular weight excluding hydrogens is 190 g/mol. The third-order valence-corrected chi connectivity index (χ3v) is 2.77. The normalized spacial score (nSPS) is 27.7. The Hall–Kier alpha value is -0.730. The number of hydrogen-bond acceptors (Lipinski definition) is 2. The fourth-order valence-corrected chi connectivity index (χ4v) is 2.00. The largest absolute Gasteiger partial charge is 0.444 e. The standard InChI is InChI=1S/C12H23NO2/c1-9-6-7-13(10(2)8-9)11(14)15-12(3,4)5/h9-10H,6-8H2,1-5H3/t9?,10-/m0/s1. The van der Waals surface area contributed by atoms with Gasteiger partial charge in [0.05, 0.1) is 0 Å². The highest BCUT2D eigenvalue weighted by Crippen LogP contribution is 2.23. The van der Waals surface area contributed by atoms with Crippen molar-refractivity contribution in [3.63, 3.8) is 0 Å². The first-order valence-electron chi connectivity index (χ1n) is 5.79. The molecule has 0 aromatic carbocycles. The maximum Gasteiger partial charge on any atom is 0.410 e. The zero-order valence-electron chi connectivity index (χ0n) is 10.5. The molecule has 0 aromatic rings. The van der Waals surface area contributed by atoms with Gasteiger partial charge < -0.3 is 9.64 Å². The van der Waals surface area contributed by atoms with Crippen molar-refractivity contribution in [3.05, 3.63) is 0 Å². The van der Waals surface area contributed by atoms with Gasteiger partial charge in [-0.15, -0.1) is 0 Å². The van der Waals surface area contributed by atoms with E-state index >= 15 is 0 Å². The summed E-state index contributed by atoms with van der Waals surface area (Å²) in [6.45, 7) is 10.9. The van der Waals surface area contributed by atoms with Crippen molar-refractivity contribution in [3.8, 4) is 0 Å². The lowest BCUT2D eigenvalue weighted by Gasteiger charge is -2.37. The van der Waals surface area contributed by atoms with Crippen LogP contribution in [0.3, 0.4) is 0 Å². The van der Waals surface area contributed by atoms with Crippen LogP contribution in [0.25, 0.3) is 0 Å². The number of rotatable bonds is 0. The lowest BCUT2D eigenvalue weighted by Crippen LogP contribution is -2.46. The lowest BCUT2D eigenvalue weighted by molar-refractivity contribution is 0.00806. The van der Waals surface area contributed by atoms with E-state index in [2.05, 4.69) is 13.8 Å². The van der Waals surface area contributed by atoms with Gasteiger partial charge in [-0.25, -0.2) is 4.79 Å². The van der Waals surface area contributed by atoms with Gasteiger partial charge in [-0.3, -0.25) is 0 Å². The molecule has 88 valence electrons. The second-order valence-corrected chi connectivity index (χ2v) is 5.65. The molecule has 3 heteroatoms. The molecule has 0 radical (unpaired) electrons. The predicted octanol–water partition coefficient (Wildman–Crippen LogP) is 3.04. The third-order valence-electron chi connectivity index (χ3n) is 2.77. The van der Waals surface area contributed by atoms with E-state index in [9.17, 15) is 4.79 Å². The van der Waals surface area contributed by atoms with Crippen LogP contribution in [-0.2, 0) is 4.74 Å². The van der Waals surface area contributed by atoms with Crippen LogP contribution in [0, 0.1) is 5.92 Å². The molecule has 1 rings (SSSR count). The number of likely N-dealkylation sites (tertiary alicyclic amines) is 1. The number of nitrogens with zero attached hydrogens (tertiary/aromatic N) is 1. The molecule has 0 bridgehead atoms. The molecule has 1 heterocycles. The van der Waals surface area contributed by atoms with Gasteiger partial charge >= 0.3 is 6.09 Å². The highest BCUT2D eigenvalue weighted by atomic mass is 16.6. The Morgan fingerprint density at radius 1 is 1.33 bits per heavy atom. The van der Waals surface area contributed by atoms with Crippen LogP contribution in [0.4, 0.5) is 4.79 Å². The molecule has 1 unspecified atom stereocenters. The summed E-state index contributed by atoms with van der Waals surface area (Å²) in [4.78, 5) is 13.7. The maximum absolute atomic E-state index is 11.8. The lowest BCUT2D eigenvalue weighted by atomic mass is 9.94. The number of hydrogen-bond donors (Lipinski definition) is 0. The van der Waals surface area contributed by atoms with E-state index in [1.807, 2.05) is 25.7 Å². The average Bonchev–Trinajstić information content (AvgIpc) is 1.99. The molecule has 1 aliphatic heterocycles. The van der Waals surface area contributed by atoms with Gasteiger partial charge in [0.25, 0.3) is 0 Å². The summed E-state index contributed by atoms with van der Waals surface area (Å²) in [6.07, 6.45) is 2.00. The van der Waals surface area contributed by atoms with Crippen molar-refractivity contribution in [2.24, 2.45) is 5.92 Å². The zero-order valence-corrected chi connectivity index (χ0v) is 10.5. The maximum atomic E-state index is 11.8. The van der Waals surface area contributed by atoms with Crippen LogP contribution >= 0.6 is 0 Å². The van der Waals surface area contributed by atoms with Crippen molar-refractivity contribution < 1.29 is 9.53 Å². The molecule has 0 aromatic heterocycles. The summed E-state index contributed by atoms with van der Waals surface area (Å²) < 4.78 is 5.37. The molecule has 1 fully saturated rings. The summed E-state index contributed by atoms with van der Waals surface area (Å²) in [6, 6.07) is 0.309. The fourth-order valence-electron chi connectivity index (χ4n) is 2.00. The van der Waals surface area contributed by atoms with Gasteiger partial charge in [-0.1, -0.05) is 6.92 Å². The second-order valence-electron chi connectivity index (χ2n) is 5.65. The van der Waals surface area contributed by atoms with E-state index < -0.39 is 0 Å². The van der Waals surface area contributed by atoms with Gasteiger partial charge in [0, 0.05) is 12.6 Å². The van der Waals surface area contributed by atoms with Gasteiger partial charge in [0.1, 0.15) is 5.60 Å². The zero-order chi connectivity index (χ0) is 11.6. The second kappa shape index (κ2) is 4.42. The SMILES string of the molecule is CC1CCN(C(=O)OC(C)(C)C)[C@@H](C)C1. The number of amides is 1. The van der Waals surface area contributed by atoms with Crippen LogP contribution in [0.5, 0.6) is 0 Å². The minimum Gasteiger partial charge on any atom is -0.444 e. The predicted molar refractivity (Wildman–Crippen MR) is 60.8 cm³/mol. The molecule has 0 N–H and O–H groups in total. The Morgan fingerprint density at radius 2 is 1.93 bits per heavy atom. The van der Waals surface area contributed by atoms with E-state index in [0.717, 1.165) is 25.3 Å². The monoisotopic (exact) mass is 213 g/mol. The molecular formula is C12H23NO2. The Kier molecular flexibility index (Phi) is 3.63. The smallest absolute Gasteiger partial charge is 0.410 e. The topological polar surface area (TPSA) is 29.5 Å². The summed E-state index contributed by atoms with van der Waals surface area (Å²) in [7, 11) is 0. The van der Waals surface area contributed by atoms with E-state index in [1.54, 1.807) is 0 Å². The minimum absolute atomic E-state index is 0.165. The summed E-state index contributed by atoms with van der Waals surface area (Å²) >= 11 is 0. The molecule has 1 amide bonds. The fraction of sp³-hybridized carbons (Fsp3) is 0.917. The Labute approximate surface area is 92.8 Å². The number of ether oxygens (including phenoxy) is 1. The van der Waals surface area contributed by atoms with Crippen molar-refractivity contribution in [2.45, 2.75) is 59.1 Å². The van der Waals surface area contributed by atoms with Crippen LogP contribution in [0.2, 0.25) is 0 Å². The molecule has 3 nitrogen and oxygen atoms in total. The summed E-state index contributed by atoms with van der Waals surface area (Å²) in [5.41, 5.74) is -0.389. The molecule has 0 aliphatic carbocycles. The number of carbonyl (C=O) groups excluding carboxylic acids is 1. The number of piperidine rings is 1. The van der Waals surface area contributed by atoms with E-state index in [1.165, 1.54) is 0 Å². The first-order chi connectivity index (χ1) is 6.79. The molecule has 0 spiro atoms. The van der Waals surface area contributed by atoms with Crippen molar-refractivity contribution in [1.29, 1.82) is 0 Å². The van der Waals surface area contributed by atoms with Gasteiger partial charge in [-0.05, 0) is 46.5 Å². The highest BCUT2D eigenvalue weighted by Gasteiger charge is 2.29. The molecule has 0 saturated carbocycles. The minimum atomic E-state index is -0.389. The van der Waals surface area contributed by atoms with Crippen molar-refractivity contribution >= 4 is 6.09 Å². The van der Waals surface area contributed by atoms with Crippen molar-refractivity contribution in [1.82, 2.24) is 4.90 Å². The molecule has 15 heavy (non-hydrogen) atoms. The first-order valence-corrected chi connectivity index (χ1v) is 5.79. The third kappa shape index (κ3) is 3.73. The molecule has 1 saturated heterocycles. The quantitative estimate of drug-likeness (QED) is 0.619. The van der Waals surface area contributed by atoms with Gasteiger partial charge in [0.15, 0.2) is 0 Å². The van der Waals surface area contributed by atoms with Crippen LogP contribution < -0.4 is 0 Å².